The fraction of sp³-hybridized carbons (Fsp3) is 0.286. The SMILES string of the molecule is COC(=O)[C@@H]1N[C@@H](c2ccccc2C)[C@H]2C(=O)N(c3ccccc3)C(=O)[C@H]21. The van der Waals surface area contributed by atoms with Crippen LogP contribution in [0.1, 0.15) is 17.2 Å². The third-order valence-electron chi connectivity index (χ3n) is 5.47. The fourth-order valence-electron chi connectivity index (χ4n) is 4.21. The number of methoxy groups -OCH3 is 1. The summed E-state index contributed by atoms with van der Waals surface area (Å²) in [6.07, 6.45) is 0. The van der Waals surface area contributed by atoms with Gasteiger partial charge in [-0.25, -0.2) is 4.90 Å². The van der Waals surface area contributed by atoms with Crippen molar-refractivity contribution in [1.82, 2.24) is 5.32 Å². The highest BCUT2D eigenvalue weighted by atomic mass is 16.5. The number of imide groups is 1. The van der Waals surface area contributed by atoms with E-state index < -0.39 is 29.9 Å². The lowest BCUT2D eigenvalue weighted by Crippen LogP contribution is -2.43. The smallest absolute Gasteiger partial charge is 0.323 e. The molecule has 2 heterocycles. The molecule has 27 heavy (non-hydrogen) atoms. The van der Waals surface area contributed by atoms with Gasteiger partial charge < -0.3 is 4.74 Å². The molecule has 2 aliphatic heterocycles. The van der Waals surface area contributed by atoms with Gasteiger partial charge in [-0.2, -0.15) is 0 Å². The number of aryl methyl sites for hydroxylation is 1. The lowest BCUT2D eigenvalue weighted by Gasteiger charge is -2.22. The van der Waals surface area contributed by atoms with Crippen LogP contribution in [0, 0.1) is 18.8 Å². The summed E-state index contributed by atoms with van der Waals surface area (Å²) >= 11 is 0. The molecule has 0 unspecified atom stereocenters. The zero-order valence-corrected chi connectivity index (χ0v) is 15.1. The van der Waals surface area contributed by atoms with Crippen LogP contribution in [0.3, 0.4) is 0 Å². The normalized spacial score (nSPS) is 27.0. The Hall–Kier alpha value is -2.99. The van der Waals surface area contributed by atoms with Crippen LogP contribution in [0.2, 0.25) is 0 Å². The van der Waals surface area contributed by atoms with Gasteiger partial charge in [0.25, 0.3) is 0 Å². The van der Waals surface area contributed by atoms with Gasteiger partial charge in [-0.05, 0) is 30.2 Å². The van der Waals surface area contributed by atoms with Crippen LogP contribution in [0.5, 0.6) is 0 Å². The topological polar surface area (TPSA) is 75.7 Å². The van der Waals surface area contributed by atoms with E-state index in [1.54, 1.807) is 24.3 Å². The van der Waals surface area contributed by atoms with Crippen LogP contribution in [0.15, 0.2) is 54.6 Å². The lowest BCUT2D eigenvalue weighted by molar-refractivity contribution is -0.145. The van der Waals surface area contributed by atoms with Gasteiger partial charge in [-0.3, -0.25) is 19.7 Å². The molecule has 6 nitrogen and oxygen atoms in total. The van der Waals surface area contributed by atoms with E-state index in [0.29, 0.717) is 5.69 Å². The van der Waals surface area contributed by atoms with Crippen molar-refractivity contribution in [1.29, 1.82) is 0 Å². The second-order valence-electron chi connectivity index (χ2n) is 6.90. The van der Waals surface area contributed by atoms with Crippen LogP contribution >= 0.6 is 0 Å². The van der Waals surface area contributed by atoms with Gasteiger partial charge in [0, 0.05) is 6.04 Å². The zero-order valence-electron chi connectivity index (χ0n) is 15.1. The third-order valence-corrected chi connectivity index (χ3v) is 5.47. The number of esters is 1. The van der Waals surface area contributed by atoms with Crippen LogP contribution in [0.25, 0.3) is 0 Å². The summed E-state index contributed by atoms with van der Waals surface area (Å²) < 4.78 is 4.90. The number of nitrogens with one attached hydrogen (secondary N) is 1. The van der Waals surface area contributed by atoms with Crippen molar-refractivity contribution in [3.8, 4) is 0 Å². The Balaban J connectivity index is 1.80. The number of carbonyl (C=O) groups is 3. The van der Waals surface area contributed by atoms with Crippen LogP contribution in [-0.4, -0.2) is 30.9 Å². The summed E-state index contributed by atoms with van der Waals surface area (Å²) in [6, 6.07) is 15.2. The Kier molecular flexibility index (Phi) is 4.28. The van der Waals surface area contributed by atoms with Crippen molar-refractivity contribution in [2.45, 2.75) is 19.0 Å². The van der Waals surface area contributed by atoms with Crippen molar-refractivity contribution in [2.24, 2.45) is 11.8 Å². The number of anilines is 1. The van der Waals surface area contributed by atoms with Gasteiger partial charge in [-0.15, -0.1) is 0 Å². The summed E-state index contributed by atoms with van der Waals surface area (Å²) in [5, 5.41) is 3.19. The van der Waals surface area contributed by atoms with E-state index >= 15 is 0 Å². The van der Waals surface area contributed by atoms with E-state index in [-0.39, 0.29) is 11.8 Å². The first-order valence-electron chi connectivity index (χ1n) is 8.87. The molecule has 2 saturated heterocycles. The van der Waals surface area contributed by atoms with Crippen molar-refractivity contribution >= 4 is 23.5 Å². The number of ether oxygens (including phenoxy) is 1. The molecule has 2 amide bonds. The Morgan fingerprint density at radius 3 is 2.26 bits per heavy atom. The van der Waals surface area contributed by atoms with Gasteiger partial charge in [0.05, 0.1) is 24.6 Å². The molecular formula is C21H20N2O4. The first-order valence-corrected chi connectivity index (χ1v) is 8.87. The summed E-state index contributed by atoms with van der Waals surface area (Å²) in [4.78, 5) is 40.0. The highest BCUT2D eigenvalue weighted by Gasteiger charge is 2.61. The molecule has 6 heteroatoms. The lowest BCUT2D eigenvalue weighted by atomic mass is 9.85. The largest absolute Gasteiger partial charge is 0.468 e. The predicted molar refractivity (Wildman–Crippen MR) is 98.8 cm³/mol. The third kappa shape index (κ3) is 2.64. The number of hydrogen-bond donors (Lipinski definition) is 1. The summed E-state index contributed by atoms with van der Waals surface area (Å²) in [7, 11) is 1.29. The summed E-state index contributed by atoms with van der Waals surface area (Å²) in [5.41, 5.74) is 2.43. The van der Waals surface area contributed by atoms with Crippen LogP contribution in [0.4, 0.5) is 5.69 Å². The van der Waals surface area contributed by atoms with E-state index in [1.165, 1.54) is 12.0 Å². The number of nitrogens with zero attached hydrogens (tertiary/aromatic N) is 1. The number of para-hydroxylation sites is 1. The van der Waals surface area contributed by atoms with Gasteiger partial charge in [0.15, 0.2) is 0 Å². The standard InChI is InChI=1S/C21H20N2O4/c1-12-8-6-7-11-14(12)17-15-16(18(22-17)21(26)27-2)20(25)23(19(15)24)13-9-4-3-5-10-13/h3-11,15-18,22H,1-2H3/t15-,16+,17-,18+/m0/s1. The van der Waals surface area contributed by atoms with Gasteiger partial charge in [-0.1, -0.05) is 42.5 Å². The number of carbonyl (C=O) groups excluding carboxylic acids is 3. The quantitative estimate of drug-likeness (QED) is 0.666. The fourth-order valence-corrected chi connectivity index (χ4v) is 4.21. The Morgan fingerprint density at radius 2 is 1.59 bits per heavy atom. The summed E-state index contributed by atoms with van der Waals surface area (Å²) in [5.74, 6) is -2.62. The molecule has 138 valence electrons. The monoisotopic (exact) mass is 364 g/mol. The second-order valence-corrected chi connectivity index (χ2v) is 6.90. The average Bonchev–Trinajstić information content (AvgIpc) is 3.19. The van der Waals surface area contributed by atoms with E-state index in [9.17, 15) is 14.4 Å². The molecule has 2 aromatic carbocycles. The molecule has 2 fully saturated rings. The molecule has 0 saturated carbocycles. The van der Waals surface area contributed by atoms with E-state index in [0.717, 1.165) is 11.1 Å². The van der Waals surface area contributed by atoms with Crippen molar-refractivity contribution < 1.29 is 19.1 Å². The maximum Gasteiger partial charge on any atom is 0.323 e. The predicted octanol–water partition coefficient (Wildman–Crippen LogP) is 1.99. The number of rotatable bonds is 3. The molecule has 0 bridgehead atoms. The van der Waals surface area contributed by atoms with E-state index in [2.05, 4.69) is 5.32 Å². The molecule has 1 N–H and O–H groups in total. The number of fused-ring (bicyclic) bond motifs is 1. The number of benzene rings is 2. The maximum atomic E-state index is 13.3. The number of amides is 2. The zero-order chi connectivity index (χ0) is 19.1. The van der Waals surface area contributed by atoms with Crippen molar-refractivity contribution in [3.63, 3.8) is 0 Å². The minimum absolute atomic E-state index is 0.289. The van der Waals surface area contributed by atoms with Crippen molar-refractivity contribution in [2.75, 3.05) is 12.0 Å². The van der Waals surface area contributed by atoms with E-state index in [4.69, 9.17) is 4.74 Å². The molecule has 2 aliphatic rings. The molecule has 4 rings (SSSR count). The second kappa shape index (κ2) is 6.63. The summed E-state index contributed by atoms with van der Waals surface area (Å²) in [6.45, 7) is 1.95. The Labute approximate surface area is 157 Å². The first-order chi connectivity index (χ1) is 13.0. The Bertz CT molecular complexity index is 911. The van der Waals surface area contributed by atoms with Gasteiger partial charge in [0.2, 0.25) is 11.8 Å². The van der Waals surface area contributed by atoms with Crippen LogP contribution in [-0.2, 0) is 19.1 Å². The highest BCUT2D eigenvalue weighted by Crippen LogP contribution is 2.46. The highest BCUT2D eigenvalue weighted by molar-refractivity contribution is 6.23. The molecular weight excluding hydrogens is 344 g/mol. The maximum absolute atomic E-state index is 13.3. The average molecular weight is 364 g/mol. The molecule has 0 aromatic heterocycles. The van der Waals surface area contributed by atoms with Crippen LogP contribution < -0.4 is 10.2 Å². The number of hydrogen-bond acceptors (Lipinski definition) is 5. The van der Waals surface area contributed by atoms with Gasteiger partial charge >= 0.3 is 5.97 Å². The molecule has 2 aromatic rings. The molecule has 0 radical (unpaired) electrons. The van der Waals surface area contributed by atoms with Crippen molar-refractivity contribution in [3.05, 3.63) is 65.7 Å². The molecule has 0 spiro atoms. The van der Waals surface area contributed by atoms with E-state index in [1.807, 2.05) is 37.3 Å². The molecule has 4 atom stereocenters. The minimum Gasteiger partial charge on any atom is -0.468 e. The van der Waals surface area contributed by atoms with Gasteiger partial charge in [0.1, 0.15) is 6.04 Å². The Morgan fingerprint density at radius 1 is 0.963 bits per heavy atom. The minimum atomic E-state index is -0.852. The first kappa shape index (κ1) is 17.4. The molecule has 0 aliphatic carbocycles.